The monoisotopic (exact) mass is 455 g/mol. The number of alkyl halides is 1. The molecule has 1 saturated heterocycles. The lowest BCUT2D eigenvalue weighted by molar-refractivity contribution is 0.0486. The van der Waals surface area contributed by atoms with Gasteiger partial charge in [0.15, 0.2) is 0 Å². The highest BCUT2D eigenvalue weighted by Crippen LogP contribution is 2.34. The number of anilines is 2. The van der Waals surface area contributed by atoms with Gasteiger partial charge in [0, 0.05) is 31.2 Å². The maximum Gasteiger partial charge on any atom is 0.256 e. The second-order valence-electron chi connectivity index (χ2n) is 8.46. The number of hydrazone groups is 1. The Kier molecular flexibility index (Phi) is 6.68. The molecule has 1 aliphatic heterocycles. The van der Waals surface area contributed by atoms with Gasteiger partial charge < -0.3 is 15.6 Å². The molecule has 2 aliphatic rings. The van der Waals surface area contributed by atoms with Crippen LogP contribution in [0, 0.1) is 0 Å². The van der Waals surface area contributed by atoms with Crippen LogP contribution in [0.3, 0.4) is 0 Å². The Labute approximate surface area is 192 Å². The summed E-state index contributed by atoms with van der Waals surface area (Å²) in [5.74, 6) is 12.3. The van der Waals surface area contributed by atoms with Crippen molar-refractivity contribution in [3.8, 4) is 0 Å². The van der Waals surface area contributed by atoms with Crippen LogP contribution < -0.4 is 21.6 Å². The summed E-state index contributed by atoms with van der Waals surface area (Å²) in [6.07, 6.45) is 6.95. The van der Waals surface area contributed by atoms with Crippen molar-refractivity contribution in [3.63, 3.8) is 0 Å². The van der Waals surface area contributed by atoms with Crippen molar-refractivity contribution < 1.29 is 9.18 Å². The number of carbonyl (C=O) groups excluding carboxylic acids is 1. The Morgan fingerprint density at radius 3 is 2.48 bits per heavy atom. The van der Waals surface area contributed by atoms with Gasteiger partial charge >= 0.3 is 0 Å². The van der Waals surface area contributed by atoms with Gasteiger partial charge in [-0.2, -0.15) is 5.10 Å². The highest BCUT2D eigenvalue weighted by molar-refractivity contribution is 5.96. The second kappa shape index (κ2) is 9.65. The second-order valence-corrected chi connectivity index (χ2v) is 8.46. The van der Waals surface area contributed by atoms with Crippen LogP contribution in [-0.4, -0.2) is 62.9 Å². The molecular formula is C22H30FN9O. The van der Waals surface area contributed by atoms with E-state index in [0.29, 0.717) is 36.1 Å². The number of halogens is 1. The first kappa shape index (κ1) is 22.8. The number of rotatable bonds is 6. The smallest absolute Gasteiger partial charge is 0.256 e. The maximum absolute atomic E-state index is 15.4. The fourth-order valence-corrected chi connectivity index (χ4v) is 4.05. The molecule has 176 valence electrons. The molecule has 2 fully saturated rings. The van der Waals surface area contributed by atoms with Gasteiger partial charge in [-0.3, -0.25) is 4.79 Å². The molecule has 2 atom stereocenters. The van der Waals surface area contributed by atoms with Gasteiger partial charge in [0.2, 0.25) is 5.95 Å². The minimum Gasteiger partial charge on any atom is -0.338 e. The highest BCUT2D eigenvalue weighted by atomic mass is 19.1. The summed E-state index contributed by atoms with van der Waals surface area (Å²) in [7, 11) is 0. The largest absolute Gasteiger partial charge is 0.338 e. The molecule has 1 aliphatic carbocycles. The van der Waals surface area contributed by atoms with E-state index in [1.807, 2.05) is 11.8 Å². The number of nitrogens with two attached hydrogens (primary N) is 2. The predicted molar refractivity (Wildman–Crippen MR) is 124 cm³/mol. The van der Waals surface area contributed by atoms with Crippen LogP contribution >= 0.6 is 0 Å². The van der Waals surface area contributed by atoms with Crippen LogP contribution in [0.25, 0.3) is 0 Å². The number of aryl methyl sites for hydroxylation is 1. The van der Waals surface area contributed by atoms with Gasteiger partial charge in [-0.25, -0.2) is 30.2 Å². The number of nitrogens with zero attached hydrogens (tertiary/aromatic N) is 7. The van der Waals surface area contributed by atoms with E-state index >= 15 is 4.39 Å². The SMILES string of the molecule is CCc1cnc(N2CCC(N(C(=O)c3ccc(N(N)C(C)=NN)nc3)C3CC3)C(F)C2)nc1. The molecule has 0 radical (unpaired) electrons. The molecule has 2 aromatic rings. The molecule has 2 aromatic heterocycles. The van der Waals surface area contributed by atoms with Gasteiger partial charge in [0.1, 0.15) is 17.8 Å². The third-order valence-corrected chi connectivity index (χ3v) is 6.20. The maximum atomic E-state index is 15.4. The van der Waals surface area contributed by atoms with E-state index in [2.05, 4.69) is 20.1 Å². The molecule has 3 heterocycles. The molecule has 4 N–H and O–H groups in total. The normalized spacial score (nSPS) is 21.1. The molecule has 1 amide bonds. The summed E-state index contributed by atoms with van der Waals surface area (Å²) in [4.78, 5) is 29.9. The predicted octanol–water partition coefficient (Wildman–Crippen LogP) is 1.63. The zero-order chi connectivity index (χ0) is 23.5. The molecule has 0 spiro atoms. The number of hydrazine groups is 1. The number of piperidine rings is 1. The van der Waals surface area contributed by atoms with Gasteiger partial charge in [-0.05, 0) is 50.3 Å². The fourth-order valence-electron chi connectivity index (χ4n) is 4.05. The quantitative estimate of drug-likeness (QED) is 0.291. The average Bonchev–Trinajstić information content (AvgIpc) is 3.69. The molecule has 1 saturated carbocycles. The minimum absolute atomic E-state index is 0.0599. The topological polar surface area (TPSA) is 130 Å². The van der Waals surface area contributed by atoms with Gasteiger partial charge in [0.25, 0.3) is 5.91 Å². The summed E-state index contributed by atoms with van der Waals surface area (Å²) in [5.41, 5.74) is 1.44. The number of aromatic nitrogens is 3. The first-order valence-corrected chi connectivity index (χ1v) is 11.2. The molecule has 0 aromatic carbocycles. The van der Waals surface area contributed by atoms with Crippen molar-refractivity contribution in [2.24, 2.45) is 16.8 Å². The molecule has 10 nitrogen and oxygen atoms in total. The van der Waals surface area contributed by atoms with Crippen LogP contribution in [0.4, 0.5) is 16.2 Å². The molecular weight excluding hydrogens is 425 g/mol. The Hall–Kier alpha value is -3.34. The summed E-state index contributed by atoms with van der Waals surface area (Å²) >= 11 is 0. The Bertz CT molecular complexity index is 994. The molecule has 2 unspecified atom stereocenters. The number of hydrogen-bond donors (Lipinski definition) is 2. The highest BCUT2D eigenvalue weighted by Gasteiger charge is 2.43. The first-order valence-electron chi connectivity index (χ1n) is 11.2. The third kappa shape index (κ3) is 4.87. The van der Waals surface area contributed by atoms with Crippen molar-refractivity contribution in [2.75, 3.05) is 23.0 Å². The van der Waals surface area contributed by atoms with E-state index in [1.54, 1.807) is 36.4 Å². The van der Waals surface area contributed by atoms with Crippen molar-refractivity contribution in [2.45, 2.75) is 57.8 Å². The van der Waals surface area contributed by atoms with Crippen LogP contribution in [0.2, 0.25) is 0 Å². The first-order chi connectivity index (χ1) is 15.9. The molecule has 0 bridgehead atoms. The number of carbonyl (C=O) groups is 1. The minimum atomic E-state index is -1.20. The fraction of sp³-hybridized carbons (Fsp3) is 0.500. The van der Waals surface area contributed by atoms with Crippen LogP contribution in [0.5, 0.6) is 0 Å². The zero-order valence-corrected chi connectivity index (χ0v) is 18.9. The zero-order valence-electron chi connectivity index (χ0n) is 18.9. The lowest BCUT2D eigenvalue weighted by atomic mass is 10.00. The van der Waals surface area contributed by atoms with Crippen LogP contribution in [0.15, 0.2) is 35.8 Å². The number of amides is 1. The Morgan fingerprint density at radius 1 is 1.21 bits per heavy atom. The number of hydrogen-bond acceptors (Lipinski definition) is 8. The molecule has 33 heavy (non-hydrogen) atoms. The third-order valence-electron chi connectivity index (χ3n) is 6.20. The van der Waals surface area contributed by atoms with Crippen molar-refractivity contribution in [1.29, 1.82) is 0 Å². The lowest BCUT2D eigenvalue weighted by Crippen LogP contribution is -2.55. The standard InChI is InChI=1S/C22H30FN9O/c1-3-15-10-27-22(28-11-15)30-9-8-19(18(23)13-30)31(17-5-6-17)21(33)16-4-7-20(26-12-16)32(25)14(2)29-24/h4,7,10-12,17-19H,3,5-6,8-9,13,24-25H2,1-2H3. The average molecular weight is 456 g/mol. The molecule has 11 heteroatoms. The Balaban J connectivity index is 1.47. The van der Waals surface area contributed by atoms with E-state index in [9.17, 15) is 4.79 Å². The summed E-state index contributed by atoms with van der Waals surface area (Å²) in [5, 5.41) is 4.77. The van der Waals surface area contributed by atoms with Crippen molar-refractivity contribution >= 4 is 23.5 Å². The summed E-state index contributed by atoms with van der Waals surface area (Å²) in [6.45, 7) is 4.43. The van der Waals surface area contributed by atoms with Gasteiger partial charge in [-0.1, -0.05) is 6.92 Å². The number of amidine groups is 1. The van der Waals surface area contributed by atoms with Gasteiger partial charge in [-0.15, -0.1) is 0 Å². The van der Waals surface area contributed by atoms with Crippen molar-refractivity contribution in [1.82, 2.24) is 19.9 Å². The van der Waals surface area contributed by atoms with E-state index in [4.69, 9.17) is 11.7 Å². The number of pyridine rings is 1. The van der Waals surface area contributed by atoms with E-state index < -0.39 is 12.2 Å². The van der Waals surface area contributed by atoms with Crippen molar-refractivity contribution in [3.05, 3.63) is 41.9 Å². The van der Waals surface area contributed by atoms with Crippen LogP contribution in [-0.2, 0) is 6.42 Å². The Morgan fingerprint density at radius 2 is 1.94 bits per heavy atom. The van der Waals surface area contributed by atoms with E-state index in [0.717, 1.165) is 24.8 Å². The summed E-state index contributed by atoms with van der Waals surface area (Å²) < 4.78 is 15.4. The van der Waals surface area contributed by atoms with E-state index in [-0.39, 0.29) is 18.5 Å². The van der Waals surface area contributed by atoms with E-state index in [1.165, 1.54) is 11.2 Å². The van der Waals surface area contributed by atoms with Gasteiger partial charge in [0.05, 0.1) is 18.2 Å². The summed E-state index contributed by atoms with van der Waals surface area (Å²) in [6, 6.07) is 2.84. The lowest BCUT2D eigenvalue weighted by Gasteiger charge is -2.41. The molecule has 4 rings (SSSR count). The van der Waals surface area contributed by atoms with Crippen LogP contribution in [0.1, 0.15) is 49.0 Å².